The molecule has 1 aromatic carbocycles. The molecule has 2 atom stereocenters. The van der Waals surface area contributed by atoms with Crippen LogP contribution in [0.5, 0.6) is 0 Å². The standard InChI is InChI=1S/C14H19F2NO/c1-9-5-13(6-10(2)18-9)17-8-11-3-4-12(15)7-14(11)16/h3-4,7,9-10,13,17H,5-6,8H2,1-2H3. The van der Waals surface area contributed by atoms with Gasteiger partial charge in [-0.05, 0) is 32.8 Å². The average molecular weight is 255 g/mol. The van der Waals surface area contributed by atoms with Crippen LogP contribution in [0, 0.1) is 11.6 Å². The second kappa shape index (κ2) is 5.76. The molecule has 0 amide bonds. The van der Waals surface area contributed by atoms with Crippen LogP contribution >= 0.6 is 0 Å². The molecule has 0 saturated carbocycles. The molecule has 1 heterocycles. The first-order valence-corrected chi connectivity index (χ1v) is 6.37. The molecular weight excluding hydrogens is 236 g/mol. The highest BCUT2D eigenvalue weighted by Crippen LogP contribution is 2.19. The van der Waals surface area contributed by atoms with Crippen LogP contribution in [0.4, 0.5) is 8.78 Å². The maximum atomic E-state index is 13.5. The van der Waals surface area contributed by atoms with Gasteiger partial charge in [-0.2, -0.15) is 0 Å². The number of halogens is 2. The average Bonchev–Trinajstić information content (AvgIpc) is 2.26. The zero-order chi connectivity index (χ0) is 13.1. The van der Waals surface area contributed by atoms with Gasteiger partial charge in [-0.25, -0.2) is 8.78 Å². The molecule has 4 heteroatoms. The molecule has 0 aliphatic carbocycles. The van der Waals surface area contributed by atoms with E-state index in [-0.39, 0.29) is 12.2 Å². The molecule has 1 saturated heterocycles. The Kier molecular flexibility index (Phi) is 4.30. The quantitative estimate of drug-likeness (QED) is 0.896. The lowest BCUT2D eigenvalue weighted by Crippen LogP contribution is -2.41. The van der Waals surface area contributed by atoms with E-state index in [4.69, 9.17) is 4.74 Å². The minimum atomic E-state index is -0.537. The van der Waals surface area contributed by atoms with E-state index in [1.54, 1.807) is 0 Å². The molecular formula is C14H19F2NO. The highest BCUT2D eigenvalue weighted by atomic mass is 19.1. The normalized spacial score (nSPS) is 28.3. The molecule has 0 aromatic heterocycles. The Morgan fingerprint density at radius 3 is 2.50 bits per heavy atom. The van der Waals surface area contributed by atoms with Gasteiger partial charge in [-0.15, -0.1) is 0 Å². The summed E-state index contributed by atoms with van der Waals surface area (Å²) >= 11 is 0. The van der Waals surface area contributed by atoms with Crippen molar-refractivity contribution in [2.24, 2.45) is 0 Å². The van der Waals surface area contributed by atoms with Crippen molar-refractivity contribution < 1.29 is 13.5 Å². The SMILES string of the molecule is CC1CC(NCc2ccc(F)cc2F)CC(C)O1. The number of hydrogen-bond acceptors (Lipinski definition) is 2. The first-order valence-electron chi connectivity index (χ1n) is 6.37. The van der Waals surface area contributed by atoms with E-state index >= 15 is 0 Å². The molecule has 2 nitrogen and oxygen atoms in total. The topological polar surface area (TPSA) is 21.3 Å². The van der Waals surface area contributed by atoms with Crippen LogP contribution in [0.25, 0.3) is 0 Å². The van der Waals surface area contributed by atoms with Gasteiger partial charge in [-0.1, -0.05) is 6.07 Å². The fourth-order valence-electron chi connectivity index (χ4n) is 2.49. The number of hydrogen-bond donors (Lipinski definition) is 1. The summed E-state index contributed by atoms with van der Waals surface area (Å²) in [5.41, 5.74) is 0.503. The summed E-state index contributed by atoms with van der Waals surface area (Å²) in [4.78, 5) is 0. The lowest BCUT2D eigenvalue weighted by Gasteiger charge is -2.32. The van der Waals surface area contributed by atoms with Crippen LogP contribution < -0.4 is 5.32 Å². The Balaban J connectivity index is 1.91. The molecule has 0 spiro atoms. The minimum Gasteiger partial charge on any atom is -0.375 e. The van der Waals surface area contributed by atoms with Crippen LogP contribution in [0.2, 0.25) is 0 Å². The molecule has 1 N–H and O–H groups in total. The van der Waals surface area contributed by atoms with Crippen LogP contribution in [-0.2, 0) is 11.3 Å². The summed E-state index contributed by atoms with van der Waals surface area (Å²) in [5, 5.41) is 3.32. The number of ether oxygens (including phenoxy) is 1. The van der Waals surface area contributed by atoms with E-state index in [9.17, 15) is 8.78 Å². The largest absolute Gasteiger partial charge is 0.375 e. The van der Waals surface area contributed by atoms with E-state index in [1.165, 1.54) is 12.1 Å². The Labute approximate surface area is 106 Å². The third-order valence-electron chi connectivity index (χ3n) is 3.29. The van der Waals surface area contributed by atoms with Crippen molar-refractivity contribution in [3.63, 3.8) is 0 Å². The van der Waals surface area contributed by atoms with Crippen molar-refractivity contribution in [1.82, 2.24) is 5.32 Å². The maximum absolute atomic E-state index is 13.5. The fourth-order valence-corrected chi connectivity index (χ4v) is 2.49. The molecule has 100 valence electrons. The molecule has 0 bridgehead atoms. The molecule has 2 rings (SSSR count). The Hall–Kier alpha value is -1.00. The second-order valence-corrected chi connectivity index (χ2v) is 5.04. The third kappa shape index (κ3) is 3.50. The highest BCUT2D eigenvalue weighted by molar-refractivity contribution is 5.18. The molecule has 18 heavy (non-hydrogen) atoms. The van der Waals surface area contributed by atoms with Crippen LogP contribution in [0.1, 0.15) is 32.3 Å². The predicted molar refractivity (Wildman–Crippen MR) is 66.2 cm³/mol. The van der Waals surface area contributed by atoms with Crippen molar-refractivity contribution >= 4 is 0 Å². The highest BCUT2D eigenvalue weighted by Gasteiger charge is 2.23. The smallest absolute Gasteiger partial charge is 0.130 e. The van der Waals surface area contributed by atoms with Crippen molar-refractivity contribution in [3.8, 4) is 0 Å². The summed E-state index contributed by atoms with van der Waals surface area (Å²) in [6.45, 7) is 4.52. The predicted octanol–water partition coefficient (Wildman–Crippen LogP) is 3.01. The number of nitrogens with one attached hydrogen (secondary N) is 1. The summed E-state index contributed by atoms with van der Waals surface area (Å²) in [7, 11) is 0. The zero-order valence-corrected chi connectivity index (χ0v) is 10.7. The van der Waals surface area contributed by atoms with E-state index < -0.39 is 11.6 Å². The van der Waals surface area contributed by atoms with Gasteiger partial charge in [0.15, 0.2) is 0 Å². The van der Waals surface area contributed by atoms with Crippen molar-refractivity contribution in [1.29, 1.82) is 0 Å². The van der Waals surface area contributed by atoms with Gasteiger partial charge in [0.1, 0.15) is 11.6 Å². The first kappa shape index (κ1) is 13.4. The summed E-state index contributed by atoms with van der Waals surface area (Å²) < 4.78 is 31.9. The fraction of sp³-hybridized carbons (Fsp3) is 0.571. The summed E-state index contributed by atoms with van der Waals surface area (Å²) in [6.07, 6.45) is 2.30. The third-order valence-corrected chi connectivity index (χ3v) is 3.29. The van der Waals surface area contributed by atoms with Crippen LogP contribution in [0.15, 0.2) is 18.2 Å². The van der Waals surface area contributed by atoms with Crippen molar-refractivity contribution in [2.45, 2.75) is 51.5 Å². The van der Waals surface area contributed by atoms with E-state index in [1.807, 2.05) is 13.8 Å². The Morgan fingerprint density at radius 2 is 1.89 bits per heavy atom. The second-order valence-electron chi connectivity index (χ2n) is 5.04. The lowest BCUT2D eigenvalue weighted by molar-refractivity contribution is -0.0423. The Morgan fingerprint density at radius 1 is 1.22 bits per heavy atom. The van der Waals surface area contributed by atoms with Crippen molar-refractivity contribution in [2.75, 3.05) is 0 Å². The summed E-state index contributed by atoms with van der Waals surface area (Å²) in [6, 6.07) is 4.03. The van der Waals surface area contributed by atoms with Gasteiger partial charge in [0.05, 0.1) is 12.2 Å². The molecule has 1 fully saturated rings. The first-order chi connectivity index (χ1) is 8.54. The van der Waals surface area contributed by atoms with Gasteiger partial charge in [0.25, 0.3) is 0 Å². The van der Waals surface area contributed by atoms with Gasteiger partial charge < -0.3 is 10.1 Å². The van der Waals surface area contributed by atoms with E-state index in [0.29, 0.717) is 18.2 Å². The monoisotopic (exact) mass is 255 g/mol. The maximum Gasteiger partial charge on any atom is 0.130 e. The Bertz CT molecular complexity index is 401. The number of benzene rings is 1. The molecule has 0 radical (unpaired) electrons. The van der Waals surface area contributed by atoms with E-state index in [0.717, 1.165) is 18.9 Å². The zero-order valence-electron chi connectivity index (χ0n) is 10.7. The van der Waals surface area contributed by atoms with E-state index in [2.05, 4.69) is 5.32 Å². The van der Waals surface area contributed by atoms with Crippen LogP contribution in [0.3, 0.4) is 0 Å². The number of rotatable bonds is 3. The molecule has 1 aliphatic rings. The van der Waals surface area contributed by atoms with Crippen molar-refractivity contribution in [3.05, 3.63) is 35.4 Å². The molecule has 2 unspecified atom stereocenters. The van der Waals surface area contributed by atoms with Gasteiger partial charge in [-0.3, -0.25) is 0 Å². The summed E-state index contributed by atoms with van der Waals surface area (Å²) in [5.74, 6) is -1.03. The minimum absolute atomic E-state index is 0.226. The lowest BCUT2D eigenvalue weighted by atomic mass is 9.99. The molecule has 1 aromatic rings. The van der Waals surface area contributed by atoms with Gasteiger partial charge >= 0.3 is 0 Å². The molecule has 1 aliphatic heterocycles. The van der Waals surface area contributed by atoms with Gasteiger partial charge in [0.2, 0.25) is 0 Å². The van der Waals surface area contributed by atoms with Gasteiger partial charge in [0, 0.05) is 24.2 Å². The van der Waals surface area contributed by atoms with Crippen LogP contribution in [-0.4, -0.2) is 18.2 Å².